The van der Waals surface area contributed by atoms with Crippen molar-refractivity contribution in [3.63, 3.8) is 0 Å². The standard InChI is InChI=1S/C21H29N3O2S/c1-16-6-5-7-18(12-16)26-14-19(25)24-10-8-23(9-11-24)13-17-15-27-20(22-17)21(2,3)4/h5-7,12,15H,8-11,13-14H2,1-4H3. The molecule has 0 atom stereocenters. The Kier molecular flexibility index (Phi) is 6.17. The summed E-state index contributed by atoms with van der Waals surface area (Å²) in [5.41, 5.74) is 2.36. The van der Waals surface area contributed by atoms with Crippen LogP contribution in [0.2, 0.25) is 0 Å². The number of aromatic nitrogens is 1. The molecule has 6 heteroatoms. The van der Waals surface area contributed by atoms with E-state index < -0.39 is 0 Å². The summed E-state index contributed by atoms with van der Waals surface area (Å²) in [5, 5.41) is 3.34. The topological polar surface area (TPSA) is 45.7 Å². The van der Waals surface area contributed by atoms with Crippen molar-refractivity contribution in [2.75, 3.05) is 32.8 Å². The first-order valence-corrected chi connectivity index (χ1v) is 10.3. The van der Waals surface area contributed by atoms with Crippen molar-refractivity contribution in [3.05, 3.63) is 45.9 Å². The van der Waals surface area contributed by atoms with Crippen molar-refractivity contribution in [1.29, 1.82) is 0 Å². The zero-order valence-electron chi connectivity index (χ0n) is 16.7. The number of aryl methyl sites for hydroxylation is 1. The third kappa shape index (κ3) is 5.53. The molecule has 0 N–H and O–H groups in total. The third-order valence-corrected chi connectivity index (χ3v) is 5.97. The first-order valence-electron chi connectivity index (χ1n) is 9.46. The molecule has 1 aliphatic heterocycles. The van der Waals surface area contributed by atoms with Crippen molar-refractivity contribution >= 4 is 17.2 Å². The van der Waals surface area contributed by atoms with Gasteiger partial charge in [-0.25, -0.2) is 4.98 Å². The smallest absolute Gasteiger partial charge is 0.260 e. The SMILES string of the molecule is Cc1cccc(OCC(=O)N2CCN(Cc3csc(C(C)(C)C)n3)CC2)c1. The fourth-order valence-corrected chi connectivity index (χ4v) is 3.95. The number of benzene rings is 1. The largest absolute Gasteiger partial charge is 0.484 e. The van der Waals surface area contributed by atoms with Gasteiger partial charge < -0.3 is 9.64 Å². The number of carbonyl (C=O) groups excluding carboxylic acids is 1. The Morgan fingerprint density at radius 3 is 2.59 bits per heavy atom. The molecule has 0 unspecified atom stereocenters. The molecule has 3 rings (SSSR count). The van der Waals surface area contributed by atoms with Gasteiger partial charge in [-0.05, 0) is 24.6 Å². The number of hydrogen-bond acceptors (Lipinski definition) is 5. The molecule has 0 aliphatic carbocycles. The highest BCUT2D eigenvalue weighted by molar-refractivity contribution is 7.09. The van der Waals surface area contributed by atoms with E-state index in [1.807, 2.05) is 36.1 Å². The lowest BCUT2D eigenvalue weighted by molar-refractivity contribution is -0.135. The quantitative estimate of drug-likeness (QED) is 0.788. The second-order valence-electron chi connectivity index (χ2n) is 8.16. The van der Waals surface area contributed by atoms with Crippen molar-refractivity contribution in [2.24, 2.45) is 0 Å². The van der Waals surface area contributed by atoms with Crippen molar-refractivity contribution in [3.8, 4) is 5.75 Å². The van der Waals surface area contributed by atoms with E-state index in [1.54, 1.807) is 11.3 Å². The maximum atomic E-state index is 12.4. The molecule has 2 aromatic rings. The summed E-state index contributed by atoms with van der Waals surface area (Å²) < 4.78 is 5.65. The van der Waals surface area contributed by atoms with Crippen molar-refractivity contribution < 1.29 is 9.53 Å². The molecule has 1 fully saturated rings. The number of amides is 1. The minimum Gasteiger partial charge on any atom is -0.484 e. The van der Waals surface area contributed by atoms with E-state index in [0.29, 0.717) is 0 Å². The lowest BCUT2D eigenvalue weighted by Gasteiger charge is -2.34. The number of thiazole rings is 1. The van der Waals surface area contributed by atoms with Gasteiger partial charge in [-0.3, -0.25) is 9.69 Å². The van der Waals surface area contributed by atoms with Gasteiger partial charge in [0.05, 0.1) is 10.7 Å². The monoisotopic (exact) mass is 387 g/mol. The van der Waals surface area contributed by atoms with Gasteiger partial charge in [0.2, 0.25) is 0 Å². The molecule has 0 saturated carbocycles. The number of ether oxygens (including phenoxy) is 1. The van der Waals surface area contributed by atoms with Crippen LogP contribution in [0.5, 0.6) is 5.75 Å². The molecule has 1 aliphatic rings. The molecule has 146 valence electrons. The number of nitrogens with zero attached hydrogens (tertiary/aromatic N) is 3. The summed E-state index contributed by atoms with van der Waals surface area (Å²) in [6, 6.07) is 7.79. The Bertz CT molecular complexity index is 774. The minimum atomic E-state index is 0.0554. The second-order valence-corrected chi connectivity index (χ2v) is 9.01. The maximum Gasteiger partial charge on any atom is 0.260 e. The molecule has 1 saturated heterocycles. The average Bonchev–Trinajstić information content (AvgIpc) is 3.09. The van der Waals surface area contributed by atoms with Crippen LogP contribution in [-0.4, -0.2) is 53.5 Å². The van der Waals surface area contributed by atoms with E-state index >= 15 is 0 Å². The number of rotatable bonds is 5. The minimum absolute atomic E-state index is 0.0554. The summed E-state index contributed by atoms with van der Waals surface area (Å²) in [7, 11) is 0. The fraction of sp³-hybridized carbons (Fsp3) is 0.524. The van der Waals surface area contributed by atoms with Crippen LogP contribution in [0.3, 0.4) is 0 Å². The number of carbonyl (C=O) groups is 1. The number of hydrogen-bond donors (Lipinski definition) is 0. The van der Waals surface area contributed by atoms with E-state index in [-0.39, 0.29) is 17.9 Å². The van der Waals surface area contributed by atoms with Crippen molar-refractivity contribution in [1.82, 2.24) is 14.8 Å². The predicted octanol–water partition coefficient (Wildman–Crippen LogP) is 3.47. The van der Waals surface area contributed by atoms with Gasteiger partial charge in [0, 0.05) is 43.5 Å². The van der Waals surface area contributed by atoms with Gasteiger partial charge in [-0.15, -0.1) is 11.3 Å². The molecule has 5 nitrogen and oxygen atoms in total. The average molecular weight is 388 g/mol. The van der Waals surface area contributed by atoms with Gasteiger partial charge in [0.1, 0.15) is 5.75 Å². The number of piperazine rings is 1. The third-order valence-electron chi connectivity index (χ3n) is 4.66. The molecule has 1 aromatic heterocycles. The van der Waals surface area contributed by atoms with Crippen LogP contribution in [0.25, 0.3) is 0 Å². The van der Waals surface area contributed by atoms with Gasteiger partial charge in [-0.2, -0.15) is 0 Å². The molecule has 0 spiro atoms. The Hall–Kier alpha value is -1.92. The van der Waals surface area contributed by atoms with Gasteiger partial charge in [-0.1, -0.05) is 32.9 Å². The van der Waals surface area contributed by atoms with E-state index in [2.05, 4.69) is 31.1 Å². The second kappa shape index (κ2) is 8.40. The summed E-state index contributed by atoms with van der Waals surface area (Å²) in [6.07, 6.45) is 0. The van der Waals surface area contributed by atoms with Crippen LogP contribution in [0.4, 0.5) is 0 Å². The normalized spacial score (nSPS) is 15.8. The van der Waals surface area contributed by atoms with E-state index in [1.165, 1.54) is 5.01 Å². The summed E-state index contributed by atoms with van der Waals surface area (Å²) in [5.74, 6) is 0.806. The Labute approximate surface area is 166 Å². The van der Waals surface area contributed by atoms with Gasteiger partial charge in [0.25, 0.3) is 5.91 Å². The molecular weight excluding hydrogens is 358 g/mol. The first-order chi connectivity index (χ1) is 12.8. The predicted molar refractivity (Wildman–Crippen MR) is 109 cm³/mol. The van der Waals surface area contributed by atoms with Gasteiger partial charge >= 0.3 is 0 Å². The molecule has 2 heterocycles. The molecule has 0 radical (unpaired) electrons. The van der Waals surface area contributed by atoms with Crippen LogP contribution in [0.15, 0.2) is 29.6 Å². The zero-order valence-corrected chi connectivity index (χ0v) is 17.5. The van der Waals surface area contributed by atoms with Crippen LogP contribution in [0, 0.1) is 6.92 Å². The Morgan fingerprint density at radius 2 is 1.96 bits per heavy atom. The molecule has 0 bridgehead atoms. The van der Waals surface area contributed by atoms with Crippen LogP contribution >= 0.6 is 11.3 Å². The maximum absolute atomic E-state index is 12.4. The van der Waals surface area contributed by atoms with Crippen molar-refractivity contribution in [2.45, 2.75) is 39.7 Å². The molecule has 1 aromatic carbocycles. The van der Waals surface area contributed by atoms with Crippen LogP contribution in [0.1, 0.15) is 37.0 Å². The van der Waals surface area contributed by atoms with Crippen LogP contribution < -0.4 is 4.74 Å². The lowest BCUT2D eigenvalue weighted by Crippen LogP contribution is -2.49. The summed E-state index contributed by atoms with van der Waals surface area (Å²) in [6.45, 7) is 12.8. The van der Waals surface area contributed by atoms with E-state index in [4.69, 9.17) is 9.72 Å². The highest BCUT2D eigenvalue weighted by atomic mass is 32.1. The molecular formula is C21H29N3O2S. The lowest BCUT2D eigenvalue weighted by atomic mass is 9.98. The summed E-state index contributed by atoms with van der Waals surface area (Å²) in [4.78, 5) is 21.4. The van der Waals surface area contributed by atoms with E-state index in [0.717, 1.165) is 49.7 Å². The fourth-order valence-electron chi connectivity index (χ4n) is 3.05. The highest BCUT2D eigenvalue weighted by Crippen LogP contribution is 2.26. The Morgan fingerprint density at radius 1 is 1.22 bits per heavy atom. The summed E-state index contributed by atoms with van der Waals surface area (Å²) >= 11 is 1.74. The highest BCUT2D eigenvalue weighted by Gasteiger charge is 2.23. The van der Waals surface area contributed by atoms with Crippen LogP contribution in [-0.2, 0) is 16.8 Å². The van der Waals surface area contributed by atoms with E-state index in [9.17, 15) is 4.79 Å². The zero-order chi connectivity index (χ0) is 19.4. The first kappa shape index (κ1) is 19.8. The Balaban J connectivity index is 1.44. The van der Waals surface area contributed by atoms with Gasteiger partial charge in [0.15, 0.2) is 6.61 Å². The molecule has 27 heavy (non-hydrogen) atoms. The molecule has 1 amide bonds.